The molecule has 104 valence electrons. The van der Waals surface area contributed by atoms with E-state index in [2.05, 4.69) is 5.32 Å². The van der Waals surface area contributed by atoms with Crippen LogP contribution in [0.5, 0.6) is 5.75 Å². The van der Waals surface area contributed by atoms with E-state index in [0.717, 1.165) is 5.39 Å². The van der Waals surface area contributed by atoms with Gasteiger partial charge in [0.05, 0.1) is 20.2 Å². The second-order valence-electron chi connectivity index (χ2n) is 4.21. The van der Waals surface area contributed by atoms with Gasteiger partial charge in [0, 0.05) is 5.39 Å². The summed E-state index contributed by atoms with van der Waals surface area (Å²) in [6.45, 7) is -1.61. The number of hydrogen-bond acceptors (Lipinski definition) is 4. The minimum Gasteiger partial charge on any atom is -0.493 e. The SMILES string of the molecule is COc1cccc2cc(CNCC(F)(F)CO)oc12. The maximum Gasteiger partial charge on any atom is 0.282 e. The summed E-state index contributed by atoms with van der Waals surface area (Å²) in [6, 6.07) is 7.21. The van der Waals surface area contributed by atoms with Crippen LogP contribution in [-0.4, -0.2) is 31.3 Å². The van der Waals surface area contributed by atoms with Crippen LogP contribution in [0.2, 0.25) is 0 Å². The monoisotopic (exact) mass is 271 g/mol. The molecule has 0 saturated heterocycles. The molecule has 1 aromatic heterocycles. The van der Waals surface area contributed by atoms with Crippen LogP contribution in [0.3, 0.4) is 0 Å². The molecule has 0 spiro atoms. The molecule has 0 bridgehead atoms. The van der Waals surface area contributed by atoms with Gasteiger partial charge in [0.2, 0.25) is 0 Å². The molecule has 1 heterocycles. The second-order valence-corrected chi connectivity index (χ2v) is 4.21. The van der Waals surface area contributed by atoms with Crippen molar-refractivity contribution in [2.24, 2.45) is 0 Å². The first kappa shape index (κ1) is 13.8. The number of ether oxygens (including phenoxy) is 1. The molecule has 0 radical (unpaired) electrons. The lowest BCUT2D eigenvalue weighted by Crippen LogP contribution is -2.35. The summed E-state index contributed by atoms with van der Waals surface area (Å²) in [6.07, 6.45) is 0. The predicted molar refractivity (Wildman–Crippen MR) is 66.5 cm³/mol. The number of nitrogens with one attached hydrogen (secondary N) is 1. The fourth-order valence-electron chi connectivity index (χ4n) is 1.76. The number of aliphatic hydroxyl groups excluding tert-OH is 1. The van der Waals surface area contributed by atoms with Crippen molar-refractivity contribution in [2.75, 3.05) is 20.3 Å². The van der Waals surface area contributed by atoms with Crippen molar-refractivity contribution in [3.63, 3.8) is 0 Å². The third-order valence-corrected chi connectivity index (χ3v) is 2.69. The number of furan rings is 1. The van der Waals surface area contributed by atoms with Crippen LogP contribution in [-0.2, 0) is 6.54 Å². The average molecular weight is 271 g/mol. The van der Waals surface area contributed by atoms with Crippen LogP contribution in [0, 0.1) is 0 Å². The van der Waals surface area contributed by atoms with Crippen LogP contribution in [0.4, 0.5) is 8.78 Å². The van der Waals surface area contributed by atoms with Crippen molar-refractivity contribution in [2.45, 2.75) is 12.5 Å². The molecule has 0 saturated carbocycles. The Morgan fingerprint density at radius 1 is 1.42 bits per heavy atom. The van der Waals surface area contributed by atoms with Crippen LogP contribution < -0.4 is 10.1 Å². The highest BCUT2D eigenvalue weighted by atomic mass is 19.3. The van der Waals surface area contributed by atoms with Gasteiger partial charge in [0.1, 0.15) is 12.4 Å². The van der Waals surface area contributed by atoms with E-state index in [0.29, 0.717) is 17.1 Å². The van der Waals surface area contributed by atoms with Crippen molar-refractivity contribution in [1.29, 1.82) is 0 Å². The minimum atomic E-state index is -3.12. The summed E-state index contributed by atoms with van der Waals surface area (Å²) in [4.78, 5) is 0. The summed E-state index contributed by atoms with van der Waals surface area (Å²) < 4.78 is 36.3. The third kappa shape index (κ3) is 3.21. The van der Waals surface area contributed by atoms with Crippen LogP contribution >= 0.6 is 0 Å². The molecular formula is C13H15F2NO3. The number of halogens is 2. The van der Waals surface area contributed by atoms with Crippen LogP contribution in [0.1, 0.15) is 5.76 Å². The molecule has 0 aliphatic rings. The largest absolute Gasteiger partial charge is 0.493 e. The molecule has 2 N–H and O–H groups in total. The van der Waals surface area contributed by atoms with E-state index in [1.165, 1.54) is 7.11 Å². The van der Waals surface area contributed by atoms with E-state index < -0.39 is 19.1 Å². The van der Waals surface area contributed by atoms with Crippen LogP contribution in [0.25, 0.3) is 11.0 Å². The van der Waals surface area contributed by atoms with Crippen LogP contribution in [0.15, 0.2) is 28.7 Å². The van der Waals surface area contributed by atoms with Crippen molar-refractivity contribution in [1.82, 2.24) is 5.32 Å². The number of methoxy groups -OCH3 is 1. The topological polar surface area (TPSA) is 54.6 Å². The Bertz CT molecular complexity index is 554. The highest BCUT2D eigenvalue weighted by Gasteiger charge is 2.26. The number of para-hydroxylation sites is 1. The molecule has 19 heavy (non-hydrogen) atoms. The minimum absolute atomic E-state index is 0.160. The first-order chi connectivity index (χ1) is 9.05. The van der Waals surface area contributed by atoms with E-state index in [-0.39, 0.29) is 6.54 Å². The molecule has 1 aromatic carbocycles. The van der Waals surface area contributed by atoms with Crippen molar-refractivity contribution in [3.05, 3.63) is 30.0 Å². The number of aliphatic hydroxyl groups is 1. The quantitative estimate of drug-likeness (QED) is 0.845. The molecule has 0 unspecified atom stereocenters. The number of alkyl halides is 2. The summed E-state index contributed by atoms with van der Waals surface area (Å²) in [7, 11) is 1.54. The Morgan fingerprint density at radius 2 is 2.21 bits per heavy atom. The van der Waals surface area contributed by atoms with E-state index in [9.17, 15) is 8.78 Å². The van der Waals surface area contributed by atoms with Gasteiger partial charge in [-0.1, -0.05) is 12.1 Å². The second kappa shape index (κ2) is 5.54. The van der Waals surface area contributed by atoms with Gasteiger partial charge in [-0.3, -0.25) is 0 Å². The summed E-state index contributed by atoms with van der Waals surface area (Å²) in [5.41, 5.74) is 0.593. The Morgan fingerprint density at radius 3 is 2.89 bits per heavy atom. The molecule has 0 amide bonds. The molecule has 6 heteroatoms. The fraction of sp³-hybridized carbons (Fsp3) is 0.385. The van der Waals surface area contributed by atoms with E-state index in [4.69, 9.17) is 14.3 Å². The smallest absolute Gasteiger partial charge is 0.282 e. The number of rotatable bonds is 6. The van der Waals surface area contributed by atoms with E-state index in [1.807, 2.05) is 12.1 Å². The zero-order valence-electron chi connectivity index (χ0n) is 10.5. The summed E-state index contributed by atoms with van der Waals surface area (Å²) >= 11 is 0. The third-order valence-electron chi connectivity index (χ3n) is 2.69. The maximum absolute atomic E-state index is 12.8. The molecule has 0 aliphatic heterocycles. The Balaban J connectivity index is 2.06. The molecule has 2 aromatic rings. The lowest BCUT2D eigenvalue weighted by molar-refractivity contribution is -0.0479. The summed E-state index contributed by atoms with van der Waals surface area (Å²) in [5.74, 6) is -1.98. The van der Waals surface area contributed by atoms with E-state index >= 15 is 0 Å². The highest BCUT2D eigenvalue weighted by molar-refractivity contribution is 5.83. The molecule has 4 nitrogen and oxygen atoms in total. The zero-order valence-corrected chi connectivity index (χ0v) is 10.5. The van der Waals surface area contributed by atoms with Gasteiger partial charge in [0.25, 0.3) is 5.92 Å². The number of benzene rings is 1. The number of hydrogen-bond donors (Lipinski definition) is 2. The van der Waals surface area contributed by atoms with Gasteiger partial charge in [0.15, 0.2) is 11.3 Å². The van der Waals surface area contributed by atoms with Gasteiger partial charge < -0.3 is 19.6 Å². The molecule has 0 aliphatic carbocycles. The Hall–Kier alpha value is -1.66. The maximum atomic E-state index is 12.8. The van der Waals surface area contributed by atoms with Gasteiger partial charge in [-0.15, -0.1) is 0 Å². The predicted octanol–water partition coefficient (Wildman–Crippen LogP) is 2.16. The van der Waals surface area contributed by atoms with Gasteiger partial charge in [-0.25, -0.2) is 8.78 Å². The molecule has 0 atom stereocenters. The molecule has 0 fully saturated rings. The van der Waals surface area contributed by atoms with Crippen molar-refractivity contribution < 1.29 is 23.0 Å². The number of fused-ring (bicyclic) bond motifs is 1. The Labute approximate surface area is 109 Å². The first-order valence-corrected chi connectivity index (χ1v) is 5.80. The first-order valence-electron chi connectivity index (χ1n) is 5.80. The molecular weight excluding hydrogens is 256 g/mol. The molecule has 2 rings (SSSR count). The zero-order chi connectivity index (χ0) is 13.9. The lowest BCUT2D eigenvalue weighted by Gasteiger charge is -2.12. The lowest BCUT2D eigenvalue weighted by atomic mass is 10.2. The summed E-state index contributed by atoms with van der Waals surface area (Å²) in [5, 5.41) is 11.8. The van der Waals surface area contributed by atoms with Gasteiger partial charge in [-0.05, 0) is 12.1 Å². The van der Waals surface area contributed by atoms with Crippen molar-refractivity contribution in [3.8, 4) is 5.75 Å². The standard InChI is InChI=1S/C13H15F2NO3/c1-18-11-4-2-3-9-5-10(19-12(9)11)6-16-7-13(14,15)8-17/h2-5,16-17H,6-8H2,1H3. The normalized spacial score (nSPS) is 12.0. The van der Waals surface area contributed by atoms with Gasteiger partial charge in [-0.2, -0.15) is 0 Å². The highest BCUT2D eigenvalue weighted by Crippen LogP contribution is 2.28. The van der Waals surface area contributed by atoms with E-state index in [1.54, 1.807) is 12.1 Å². The van der Waals surface area contributed by atoms with Crippen molar-refractivity contribution >= 4 is 11.0 Å². The van der Waals surface area contributed by atoms with Gasteiger partial charge >= 0.3 is 0 Å². The fourth-order valence-corrected chi connectivity index (χ4v) is 1.76. The Kier molecular flexibility index (Phi) is 4.01. The average Bonchev–Trinajstić information content (AvgIpc) is 2.81.